The maximum atomic E-state index is 13.0. The average Bonchev–Trinajstić information content (AvgIpc) is 3.16. The summed E-state index contributed by atoms with van der Waals surface area (Å²) in [4.78, 5) is 31.9. The van der Waals surface area contributed by atoms with Crippen molar-refractivity contribution in [2.75, 3.05) is 18.4 Å². The van der Waals surface area contributed by atoms with Crippen LogP contribution in [-0.4, -0.2) is 34.8 Å². The fraction of sp³-hybridized carbons (Fsp3) is 0.522. The predicted molar refractivity (Wildman–Crippen MR) is 121 cm³/mol. The van der Waals surface area contributed by atoms with Gasteiger partial charge in [-0.05, 0) is 18.8 Å². The van der Waals surface area contributed by atoms with Crippen molar-refractivity contribution < 1.29 is 9.59 Å². The Hall–Kier alpha value is -2.21. The van der Waals surface area contributed by atoms with E-state index < -0.39 is 0 Å². The van der Waals surface area contributed by atoms with E-state index in [0.717, 1.165) is 36.9 Å². The van der Waals surface area contributed by atoms with Crippen molar-refractivity contribution in [2.24, 2.45) is 11.8 Å². The molecule has 0 saturated heterocycles. The summed E-state index contributed by atoms with van der Waals surface area (Å²) >= 11 is 1.40. The molecule has 0 bridgehead atoms. The molecule has 5 nitrogen and oxygen atoms in total. The minimum absolute atomic E-state index is 0.00829. The Kier molecular flexibility index (Phi) is 9.32. The van der Waals surface area contributed by atoms with Crippen molar-refractivity contribution in [3.63, 3.8) is 0 Å². The third-order valence-corrected chi connectivity index (χ3v) is 5.56. The van der Waals surface area contributed by atoms with Gasteiger partial charge < -0.3 is 10.2 Å². The van der Waals surface area contributed by atoms with Crippen LogP contribution in [0, 0.1) is 11.8 Å². The van der Waals surface area contributed by atoms with Gasteiger partial charge in [-0.15, -0.1) is 11.3 Å². The Morgan fingerprint density at radius 3 is 2.52 bits per heavy atom. The standard InChI is InChI=1S/C23H33N3O2S/c1-5-7-11-18(6-2)22(28)26(14-17(3)4)15-21(27)25-23-24-20(16-29-23)19-12-9-8-10-13-19/h8-10,12-13,16-18H,5-7,11,14-15H2,1-4H3,(H,24,25,27)/t18-/m0/s1. The molecule has 158 valence electrons. The second-order valence-electron chi connectivity index (χ2n) is 7.81. The lowest BCUT2D eigenvalue weighted by Gasteiger charge is -2.28. The zero-order chi connectivity index (χ0) is 21.2. The van der Waals surface area contributed by atoms with E-state index in [9.17, 15) is 9.59 Å². The van der Waals surface area contributed by atoms with E-state index in [1.54, 1.807) is 4.90 Å². The largest absolute Gasteiger partial charge is 0.333 e. The molecule has 1 heterocycles. The van der Waals surface area contributed by atoms with Crippen molar-refractivity contribution in [2.45, 2.75) is 53.4 Å². The van der Waals surface area contributed by atoms with E-state index >= 15 is 0 Å². The van der Waals surface area contributed by atoms with Gasteiger partial charge in [0.15, 0.2) is 5.13 Å². The first kappa shape index (κ1) is 23.1. The maximum absolute atomic E-state index is 13.0. The first-order valence-electron chi connectivity index (χ1n) is 10.5. The number of aromatic nitrogens is 1. The molecule has 0 spiro atoms. The zero-order valence-corrected chi connectivity index (χ0v) is 18.8. The molecule has 0 aliphatic heterocycles. The van der Waals surface area contributed by atoms with Crippen LogP contribution in [0.25, 0.3) is 11.3 Å². The van der Waals surface area contributed by atoms with Crippen molar-refractivity contribution in [1.82, 2.24) is 9.88 Å². The van der Waals surface area contributed by atoms with E-state index in [1.807, 2.05) is 42.6 Å². The van der Waals surface area contributed by atoms with E-state index in [1.165, 1.54) is 11.3 Å². The SMILES string of the molecule is CCCC[C@H](CC)C(=O)N(CC(=O)Nc1nc(-c2ccccc2)cs1)CC(C)C. The smallest absolute Gasteiger partial charge is 0.245 e. The van der Waals surface area contributed by atoms with Crippen LogP contribution in [0.2, 0.25) is 0 Å². The van der Waals surface area contributed by atoms with Crippen LogP contribution in [0.1, 0.15) is 53.4 Å². The Labute approximate surface area is 178 Å². The van der Waals surface area contributed by atoms with E-state index in [0.29, 0.717) is 17.6 Å². The number of carbonyl (C=O) groups excluding carboxylic acids is 2. The number of nitrogens with one attached hydrogen (secondary N) is 1. The summed E-state index contributed by atoms with van der Waals surface area (Å²) in [6.07, 6.45) is 3.80. The van der Waals surface area contributed by atoms with Crippen LogP contribution in [0.4, 0.5) is 5.13 Å². The number of nitrogens with zero attached hydrogens (tertiary/aromatic N) is 2. The van der Waals surface area contributed by atoms with Crippen LogP contribution in [0.3, 0.4) is 0 Å². The summed E-state index contributed by atoms with van der Waals surface area (Å²) in [5.74, 6) is 0.193. The summed E-state index contributed by atoms with van der Waals surface area (Å²) in [5, 5.41) is 5.35. The second kappa shape index (κ2) is 11.7. The monoisotopic (exact) mass is 415 g/mol. The Morgan fingerprint density at radius 2 is 1.90 bits per heavy atom. The maximum Gasteiger partial charge on any atom is 0.245 e. The van der Waals surface area contributed by atoms with Crippen LogP contribution < -0.4 is 5.32 Å². The highest BCUT2D eigenvalue weighted by Gasteiger charge is 2.25. The number of rotatable bonds is 11. The summed E-state index contributed by atoms with van der Waals surface area (Å²) in [7, 11) is 0. The van der Waals surface area contributed by atoms with Gasteiger partial charge in [0.05, 0.1) is 12.2 Å². The molecular weight excluding hydrogens is 382 g/mol. The lowest BCUT2D eigenvalue weighted by atomic mass is 9.97. The fourth-order valence-corrected chi connectivity index (χ4v) is 4.02. The number of amides is 2. The highest BCUT2D eigenvalue weighted by Crippen LogP contribution is 2.24. The lowest BCUT2D eigenvalue weighted by molar-refractivity contribution is -0.139. The molecule has 6 heteroatoms. The van der Waals surface area contributed by atoms with Crippen LogP contribution >= 0.6 is 11.3 Å². The molecule has 0 radical (unpaired) electrons. The predicted octanol–water partition coefficient (Wildman–Crippen LogP) is 5.45. The third kappa shape index (κ3) is 7.28. The number of thiazole rings is 1. The highest BCUT2D eigenvalue weighted by atomic mass is 32.1. The molecule has 0 unspecified atom stereocenters. The number of unbranched alkanes of at least 4 members (excludes halogenated alkanes) is 1. The molecule has 0 saturated carbocycles. The highest BCUT2D eigenvalue weighted by molar-refractivity contribution is 7.14. The van der Waals surface area contributed by atoms with Gasteiger partial charge in [-0.2, -0.15) is 0 Å². The Bertz CT molecular complexity index is 773. The van der Waals surface area contributed by atoms with Crippen LogP contribution in [0.5, 0.6) is 0 Å². The molecule has 1 aromatic carbocycles. The van der Waals surface area contributed by atoms with Crippen molar-refractivity contribution in [3.05, 3.63) is 35.7 Å². The quantitative estimate of drug-likeness (QED) is 0.531. The topological polar surface area (TPSA) is 62.3 Å². The normalized spacial score (nSPS) is 12.0. The Morgan fingerprint density at radius 1 is 1.17 bits per heavy atom. The average molecular weight is 416 g/mol. The van der Waals surface area contributed by atoms with E-state index in [-0.39, 0.29) is 24.3 Å². The summed E-state index contributed by atoms with van der Waals surface area (Å²) in [5.41, 5.74) is 1.86. The molecule has 2 rings (SSSR count). The molecule has 1 aromatic heterocycles. The van der Waals surface area contributed by atoms with Crippen LogP contribution in [0.15, 0.2) is 35.7 Å². The Balaban J connectivity index is 2.02. The molecule has 0 aliphatic carbocycles. The van der Waals surface area contributed by atoms with Gasteiger partial charge in [0.2, 0.25) is 11.8 Å². The first-order valence-corrected chi connectivity index (χ1v) is 11.4. The molecule has 2 amide bonds. The number of hydrogen-bond acceptors (Lipinski definition) is 4. The number of carbonyl (C=O) groups is 2. The number of hydrogen-bond donors (Lipinski definition) is 1. The molecule has 0 aliphatic rings. The zero-order valence-electron chi connectivity index (χ0n) is 18.0. The van der Waals surface area contributed by atoms with E-state index in [4.69, 9.17) is 0 Å². The van der Waals surface area contributed by atoms with E-state index in [2.05, 4.69) is 31.1 Å². The molecule has 2 aromatic rings. The summed E-state index contributed by atoms with van der Waals surface area (Å²) in [6.45, 7) is 8.97. The van der Waals surface area contributed by atoms with Crippen molar-refractivity contribution in [3.8, 4) is 11.3 Å². The van der Waals surface area contributed by atoms with Crippen LogP contribution in [-0.2, 0) is 9.59 Å². The number of benzene rings is 1. The molecule has 0 fully saturated rings. The van der Waals surface area contributed by atoms with Gasteiger partial charge in [0, 0.05) is 23.4 Å². The third-order valence-electron chi connectivity index (χ3n) is 4.80. The lowest BCUT2D eigenvalue weighted by Crippen LogP contribution is -2.43. The molecule has 1 N–H and O–H groups in total. The van der Waals surface area contributed by atoms with Gasteiger partial charge in [-0.1, -0.05) is 70.9 Å². The van der Waals surface area contributed by atoms with Gasteiger partial charge in [-0.3, -0.25) is 9.59 Å². The minimum Gasteiger partial charge on any atom is -0.333 e. The molecule has 29 heavy (non-hydrogen) atoms. The molecular formula is C23H33N3O2S. The fourth-order valence-electron chi connectivity index (χ4n) is 3.29. The molecule has 1 atom stereocenters. The number of anilines is 1. The summed E-state index contributed by atoms with van der Waals surface area (Å²) in [6, 6.07) is 9.87. The summed E-state index contributed by atoms with van der Waals surface area (Å²) < 4.78 is 0. The van der Waals surface area contributed by atoms with Gasteiger partial charge in [0.25, 0.3) is 0 Å². The van der Waals surface area contributed by atoms with Crippen molar-refractivity contribution >= 4 is 28.3 Å². The van der Waals surface area contributed by atoms with Crippen molar-refractivity contribution in [1.29, 1.82) is 0 Å². The van der Waals surface area contributed by atoms with Gasteiger partial charge in [-0.25, -0.2) is 4.98 Å². The van der Waals surface area contributed by atoms with Gasteiger partial charge in [0.1, 0.15) is 0 Å². The first-order chi connectivity index (χ1) is 13.9. The second-order valence-corrected chi connectivity index (χ2v) is 8.67. The minimum atomic E-state index is -0.196. The van der Waals surface area contributed by atoms with Gasteiger partial charge >= 0.3 is 0 Å².